The maximum Gasteiger partial charge on any atom is 0.217 e. The molecular formula is C14H14O6. The molecule has 2 aliphatic heterocycles. The predicted molar refractivity (Wildman–Crippen MR) is 65.7 cm³/mol. The van der Waals surface area contributed by atoms with Crippen molar-refractivity contribution in [3.8, 4) is 11.5 Å². The molecule has 4 heterocycles. The summed E-state index contributed by atoms with van der Waals surface area (Å²) in [6.07, 6.45) is -0.834. The van der Waals surface area contributed by atoms with E-state index < -0.39 is 12.6 Å². The lowest BCUT2D eigenvalue weighted by Gasteiger charge is -2.04. The smallest absolute Gasteiger partial charge is 0.217 e. The average Bonchev–Trinajstić information content (AvgIpc) is 3.22. The van der Waals surface area contributed by atoms with Crippen LogP contribution in [0.4, 0.5) is 0 Å². The number of ether oxygens (including phenoxy) is 4. The maximum absolute atomic E-state index is 5.70. The first kappa shape index (κ1) is 12.2. The van der Waals surface area contributed by atoms with Gasteiger partial charge in [-0.3, -0.25) is 0 Å². The molecule has 2 fully saturated rings. The molecule has 0 spiro atoms. The lowest BCUT2D eigenvalue weighted by atomic mass is 10.3. The van der Waals surface area contributed by atoms with E-state index in [9.17, 15) is 0 Å². The van der Waals surface area contributed by atoms with Gasteiger partial charge in [-0.1, -0.05) is 0 Å². The molecule has 0 N–H and O–H groups in total. The zero-order valence-corrected chi connectivity index (χ0v) is 10.7. The van der Waals surface area contributed by atoms with Crippen molar-refractivity contribution in [2.75, 3.05) is 26.4 Å². The van der Waals surface area contributed by atoms with Gasteiger partial charge >= 0.3 is 0 Å². The Labute approximate surface area is 115 Å². The Morgan fingerprint density at radius 1 is 0.600 bits per heavy atom. The van der Waals surface area contributed by atoms with Crippen LogP contribution in [0.3, 0.4) is 0 Å². The number of hydrogen-bond acceptors (Lipinski definition) is 6. The van der Waals surface area contributed by atoms with E-state index in [2.05, 4.69) is 0 Å². The molecule has 2 aromatic heterocycles. The maximum atomic E-state index is 5.70. The molecule has 2 saturated heterocycles. The van der Waals surface area contributed by atoms with Crippen molar-refractivity contribution >= 4 is 0 Å². The zero-order valence-electron chi connectivity index (χ0n) is 10.7. The predicted octanol–water partition coefficient (Wildman–Crippen LogP) is 2.63. The molecule has 106 valence electrons. The summed E-state index contributed by atoms with van der Waals surface area (Å²) in [7, 11) is 0. The molecule has 4 rings (SSSR count). The third-order valence-electron chi connectivity index (χ3n) is 3.20. The largest absolute Gasteiger partial charge is 0.452 e. The van der Waals surface area contributed by atoms with Crippen LogP contribution < -0.4 is 0 Å². The van der Waals surface area contributed by atoms with Gasteiger partial charge in [-0.05, 0) is 24.3 Å². The molecule has 0 amide bonds. The van der Waals surface area contributed by atoms with E-state index in [-0.39, 0.29) is 0 Å². The summed E-state index contributed by atoms with van der Waals surface area (Å²) in [6.45, 7) is 2.34. The Kier molecular flexibility index (Phi) is 3.08. The summed E-state index contributed by atoms with van der Waals surface area (Å²) in [5, 5.41) is 0. The second-order valence-electron chi connectivity index (χ2n) is 4.55. The van der Waals surface area contributed by atoms with Crippen molar-refractivity contribution < 1.29 is 27.8 Å². The van der Waals surface area contributed by atoms with Gasteiger partial charge in [0.25, 0.3) is 0 Å². The first-order valence-electron chi connectivity index (χ1n) is 6.56. The number of rotatable bonds is 3. The topological polar surface area (TPSA) is 63.2 Å². The molecule has 6 nitrogen and oxygen atoms in total. The molecule has 0 radical (unpaired) electrons. The minimum Gasteiger partial charge on any atom is -0.452 e. The highest BCUT2D eigenvalue weighted by molar-refractivity contribution is 5.50. The molecule has 0 atom stereocenters. The molecule has 0 saturated carbocycles. The summed E-state index contributed by atoms with van der Waals surface area (Å²) in [6, 6.07) is 7.32. The van der Waals surface area contributed by atoms with Crippen LogP contribution >= 0.6 is 0 Å². The third-order valence-corrected chi connectivity index (χ3v) is 3.20. The van der Waals surface area contributed by atoms with Gasteiger partial charge in [0.05, 0.1) is 26.4 Å². The molecule has 0 bridgehead atoms. The number of furan rings is 2. The standard InChI is InChI=1S/C14H14O6/c1-3-11(13-15-5-6-16-13)19-9(1)10-2-4-12(20-10)14-17-7-8-18-14/h1-4,13-14H,5-8H2. The van der Waals surface area contributed by atoms with Crippen molar-refractivity contribution in [1.82, 2.24) is 0 Å². The lowest BCUT2D eigenvalue weighted by Crippen LogP contribution is -1.95. The fourth-order valence-electron chi connectivity index (χ4n) is 2.27. The Morgan fingerprint density at radius 2 is 1.00 bits per heavy atom. The molecule has 0 unspecified atom stereocenters. The minimum absolute atomic E-state index is 0.417. The van der Waals surface area contributed by atoms with E-state index in [1.165, 1.54) is 0 Å². The quantitative estimate of drug-likeness (QED) is 0.860. The Hall–Kier alpha value is -1.60. The normalized spacial score (nSPS) is 21.0. The van der Waals surface area contributed by atoms with E-state index in [0.717, 1.165) is 0 Å². The number of hydrogen-bond donors (Lipinski definition) is 0. The van der Waals surface area contributed by atoms with E-state index in [1.54, 1.807) is 0 Å². The van der Waals surface area contributed by atoms with Gasteiger partial charge < -0.3 is 27.8 Å². The highest BCUT2D eigenvalue weighted by Gasteiger charge is 2.25. The third kappa shape index (κ3) is 2.16. The van der Waals surface area contributed by atoms with Crippen molar-refractivity contribution in [3.05, 3.63) is 35.8 Å². The molecule has 0 aliphatic carbocycles. The summed E-state index contributed by atoms with van der Waals surface area (Å²) in [5.74, 6) is 2.54. The fourth-order valence-corrected chi connectivity index (χ4v) is 2.27. The van der Waals surface area contributed by atoms with Gasteiger partial charge in [0.15, 0.2) is 23.0 Å². The van der Waals surface area contributed by atoms with Crippen LogP contribution in [-0.2, 0) is 18.9 Å². The van der Waals surface area contributed by atoms with Gasteiger partial charge in [-0.15, -0.1) is 0 Å². The second kappa shape index (κ2) is 5.06. The second-order valence-corrected chi connectivity index (χ2v) is 4.55. The van der Waals surface area contributed by atoms with Crippen molar-refractivity contribution in [1.29, 1.82) is 0 Å². The van der Waals surface area contributed by atoms with Gasteiger partial charge in [-0.25, -0.2) is 0 Å². The van der Waals surface area contributed by atoms with E-state index in [4.69, 9.17) is 27.8 Å². The summed E-state index contributed by atoms with van der Waals surface area (Å²) in [5.41, 5.74) is 0. The fraction of sp³-hybridized carbons (Fsp3) is 0.429. The minimum atomic E-state index is -0.417. The average molecular weight is 278 g/mol. The van der Waals surface area contributed by atoms with Gasteiger partial charge in [0.1, 0.15) is 0 Å². The van der Waals surface area contributed by atoms with Crippen LogP contribution in [0.5, 0.6) is 0 Å². The summed E-state index contributed by atoms with van der Waals surface area (Å²) in [4.78, 5) is 0. The van der Waals surface area contributed by atoms with E-state index in [0.29, 0.717) is 49.5 Å². The van der Waals surface area contributed by atoms with Crippen molar-refractivity contribution in [2.45, 2.75) is 12.6 Å². The molecule has 2 aromatic rings. The summed E-state index contributed by atoms with van der Waals surface area (Å²) >= 11 is 0. The van der Waals surface area contributed by atoms with E-state index in [1.807, 2.05) is 24.3 Å². The monoisotopic (exact) mass is 278 g/mol. The van der Waals surface area contributed by atoms with Crippen LogP contribution in [0.2, 0.25) is 0 Å². The van der Waals surface area contributed by atoms with Crippen LogP contribution in [0.15, 0.2) is 33.1 Å². The van der Waals surface area contributed by atoms with Crippen molar-refractivity contribution in [3.63, 3.8) is 0 Å². The Bertz CT molecular complexity index is 522. The first-order chi connectivity index (χ1) is 9.90. The molecule has 6 heteroatoms. The Morgan fingerprint density at radius 3 is 1.40 bits per heavy atom. The molecule has 20 heavy (non-hydrogen) atoms. The molecular weight excluding hydrogens is 264 g/mol. The lowest BCUT2D eigenvalue weighted by molar-refractivity contribution is -0.0597. The highest BCUT2D eigenvalue weighted by Crippen LogP contribution is 2.33. The molecule has 0 aromatic carbocycles. The van der Waals surface area contributed by atoms with Crippen LogP contribution in [-0.4, -0.2) is 26.4 Å². The van der Waals surface area contributed by atoms with Crippen LogP contribution in [0, 0.1) is 0 Å². The van der Waals surface area contributed by atoms with E-state index >= 15 is 0 Å². The molecule has 2 aliphatic rings. The first-order valence-corrected chi connectivity index (χ1v) is 6.56. The van der Waals surface area contributed by atoms with Crippen LogP contribution in [0.25, 0.3) is 11.5 Å². The Balaban J connectivity index is 1.54. The SMILES string of the molecule is c1cc(C2OCCO2)oc1-c1ccc(C2OCCO2)o1. The van der Waals surface area contributed by atoms with Crippen molar-refractivity contribution in [2.24, 2.45) is 0 Å². The van der Waals surface area contributed by atoms with Gasteiger partial charge in [0, 0.05) is 0 Å². The zero-order chi connectivity index (χ0) is 13.4. The highest BCUT2D eigenvalue weighted by atomic mass is 16.7. The van der Waals surface area contributed by atoms with Gasteiger partial charge in [0.2, 0.25) is 12.6 Å². The van der Waals surface area contributed by atoms with Crippen LogP contribution in [0.1, 0.15) is 24.1 Å². The van der Waals surface area contributed by atoms with Gasteiger partial charge in [-0.2, -0.15) is 0 Å². The summed E-state index contributed by atoms with van der Waals surface area (Å²) < 4.78 is 33.0.